The molecule has 0 aliphatic rings. The second-order valence-corrected chi connectivity index (χ2v) is 4.73. The van der Waals surface area contributed by atoms with E-state index in [-0.39, 0.29) is 12.0 Å². The van der Waals surface area contributed by atoms with Gasteiger partial charge in [-0.2, -0.15) is 0 Å². The molecule has 0 fully saturated rings. The van der Waals surface area contributed by atoms with Crippen LogP contribution in [0.15, 0.2) is 48.5 Å². The van der Waals surface area contributed by atoms with Crippen molar-refractivity contribution in [1.29, 1.82) is 0 Å². The Labute approximate surface area is 118 Å². The summed E-state index contributed by atoms with van der Waals surface area (Å²) in [5, 5.41) is 2.81. The lowest BCUT2D eigenvalue weighted by atomic mass is 10.1. The lowest BCUT2D eigenvalue weighted by molar-refractivity contribution is 0.102. The van der Waals surface area contributed by atoms with E-state index in [9.17, 15) is 4.79 Å². The minimum Gasteiger partial charge on any atom is -0.491 e. The standard InChI is InChI=1S/C16H18N2O2/c1-11(2)20-13-9-7-12(8-10-13)18-16(19)14-5-3-4-6-15(14)17/h3-11H,17H2,1-2H3,(H,18,19). The molecule has 0 bridgehead atoms. The maximum Gasteiger partial charge on any atom is 0.257 e. The van der Waals surface area contributed by atoms with Gasteiger partial charge in [0.1, 0.15) is 5.75 Å². The summed E-state index contributed by atoms with van der Waals surface area (Å²) in [6.45, 7) is 3.93. The molecular formula is C16H18N2O2. The van der Waals surface area contributed by atoms with Gasteiger partial charge in [0.2, 0.25) is 0 Å². The fourth-order valence-corrected chi connectivity index (χ4v) is 1.79. The van der Waals surface area contributed by atoms with Crippen LogP contribution in [0.25, 0.3) is 0 Å². The highest BCUT2D eigenvalue weighted by Gasteiger charge is 2.09. The van der Waals surface area contributed by atoms with Crippen molar-refractivity contribution in [3.8, 4) is 5.75 Å². The van der Waals surface area contributed by atoms with E-state index in [0.29, 0.717) is 16.9 Å². The van der Waals surface area contributed by atoms with Crippen molar-refractivity contribution < 1.29 is 9.53 Å². The van der Waals surface area contributed by atoms with E-state index in [0.717, 1.165) is 5.75 Å². The molecule has 0 spiro atoms. The summed E-state index contributed by atoms with van der Waals surface area (Å²) >= 11 is 0. The van der Waals surface area contributed by atoms with Gasteiger partial charge in [0.15, 0.2) is 0 Å². The van der Waals surface area contributed by atoms with Gasteiger partial charge in [-0.25, -0.2) is 0 Å². The quantitative estimate of drug-likeness (QED) is 0.838. The second-order valence-electron chi connectivity index (χ2n) is 4.73. The fourth-order valence-electron chi connectivity index (χ4n) is 1.79. The van der Waals surface area contributed by atoms with Crippen LogP contribution in [0.2, 0.25) is 0 Å². The zero-order valence-electron chi connectivity index (χ0n) is 11.6. The Morgan fingerprint density at radius 3 is 2.35 bits per heavy atom. The van der Waals surface area contributed by atoms with Gasteiger partial charge in [-0.1, -0.05) is 12.1 Å². The third-order valence-corrected chi connectivity index (χ3v) is 2.69. The van der Waals surface area contributed by atoms with Crippen LogP contribution < -0.4 is 15.8 Å². The zero-order valence-corrected chi connectivity index (χ0v) is 11.6. The number of hydrogen-bond acceptors (Lipinski definition) is 3. The molecule has 4 nitrogen and oxygen atoms in total. The first-order valence-electron chi connectivity index (χ1n) is 6.49. The Balaban J connectivity index is 2.07. The molecule has 0 saturated carbocycles. The number of ether oxygens (including phenoxy) is 1. The minimum atomic E-state index is -0.222. The topological polar surface area (TPSA) is 64.3 Å². The van der Waals surface area contributed by atoms with E-state index in [4.69, 9.17) is 10.5 Å². The van der Waals surface area contributed by atoms with Gasteiger partial charge in [0, 0.05) is 11.4 Å². The SMILES string of the molecule is CC(C)Oc1ccc(NC(=O)c2ccccc2N)cc1. The Morgan fingerprint density at radius 2 is 1.75 bits per heavy atom. The van der Waals surface area contributed by atoms with Crippen LogP contribution in [0.1, 0.15) is 24.2 Å². The lowest BCUT2D eigenvalue weighted by Crippen LogP contribution is -2.13. The lowest BCUT2D eigenvalue weighted by Gasteiger charge is -2.11. The van der Waals surface area contributed by atoms with Crippen LogP contribution in [0.3, 0.4) is 0 Å². The molecule has 2 aromatic carbocycles. The van der Waals surface area contributed by atoms with Gasteiger partial charge in [0.05, 0.1) is 11.7 Å². The summed E-state index contributed by atoms with van der Waals surface area (Å²) in [4.78, 5) is 12.1. The molecule has 0 unspecified atom stereocenters. The molecule has 4 heteroatoms. The molecule has 2 rings (SSSR count). The molecule has 3 N–H and O–H groups in total. The molecule has 0 saturated heterocycles. The number of para-hydroxylation sites is 1. The summed E-state index contributed by atoms with van der Waals surface area (Å²) in [6.07, 6.45) is 0.125. The number of nitrogens with two attached hydrogens (primary N) is 1. The number of carbonyl (C=O) groups is 1. The average Bonchev–Trinajstić information content (AvgIpc) is 2.41. The third kappa shape index (κ3) is 3.51. The summed E-state index contributed by atoms with van der Waals surface area (Å²) < 4.78 is 5.55. The number of hydrogen-bond donors (Lipinski definition) is 2. The number of benzene rings is 2. The third-order valence-electron chi connectivity index (χ3n) is 2.69. The van der Waals surface area contributed by atoms with Gasteiger partial charge in [0.25, 0.3) is 5.91 Å². The Hall–Kier alpha value is -2.49. The van der Waals surface area contributed by atoms with E-state index in [2.05, 4.69) is 5.32 Å². The van der Waals surface area contributed by atoms with E-state index in [1.165, 1.54) is 0 Å². The van der Waals surface area contributed by atoms with Crippen molar-refractivity contribution >= 4 is 17.3 Å². The van der Waals surface area contributed by atoms with E-state index >= 15 is 0 Å². The molecule has 0 aliphatic carbocycles. The summed E-state index contributed by atoms with van der Waals surface area (Å²) in [7, 11) is 0. The van der Waals surface area contributed by atoms with Crippen LogP contribution in [0, 0.1) is 0 Å². The maximum absolute atomic E-state index is 12.1. The highest BCUT2D eigenvalue weighted by molar-refractivity contribution is 6.07. The molecular weight excluding hydrogens is 252 g/mol. The summed E-state index contributed by atoms with van der Waals surface area (Å²) in [6, 6.07) is 14.2. The van der Waals surface area contributed by atoms with Gasteiger partial charge in [-0.15, -0.1) is 0 Å². The number of carbonyl (C=O) groups excluding carboxylic acids is 1. The molecule has 0 radical (unpaired) electrons. The largest absolute Gasteiger partial charge is 0.491 e. The van der Waals surface area contributed by atoms with E-state index in [1.54, 1.807) is 36.4 Å². The van der Waals surface area contributed by atoms with Gasteiger partial charge in [-0.05, 0) is 50.2 Å². The maximum atomic E-state index is 12.1. The smallest absolute Gasteiger partial charge is 0.257 e. The molecule has 0 heterocycles. The summed E-state index contributed by atoms with van der Waals surface area (Å²) in [5.41, 5.74) is 7.41. The van der Waals surface area contributed by atoms with Gasteiger partial charge < -0.3 is 15.8 Å². The second kappa shape index (κ2) is 6.10. The predicted octanol–water partition coefficient (Wildman–Crippen LogP) is 3.31. The number of anilines is 2. The van der Waals surface area contributed by atoms with Crippen molar-refractivity contribution in [3.63, 3.8) is 0 Å². The van der Waals surface area contributed by atoms with Crippen molar-refractivity contribution in [2.45, 2.75) is 20.0 Å². The monoisotopic (exact) mass is 270 g/mol. The number of amides is 1. The average molecular weight is 270 g/mol. The molecule has 104 valence electrons. The Bertz CT molecular complexity index is 592. The first-order chi connectivity index (χ1) is 9.56. The number of nitrogen functional groups attached to an aromatic ring is 1. The van der Waals surface area contributed by atoms with Crippen LogP contribution in [-0.2, 0) is 0 Å². The highest BCUT2D eigenvalue weighted by Crippen LogP contribution is 2.18. The minimum absolute atomic E-state index is 0.125. The van der Waals surface area contributed by atoms with Crippen molar-refractivity contribution in [2.75, 3.05) is 11.1 Å². The predicted molar refractivity (Wildman–Crippen MR) is 81.0 cm³/mol. The highest BCUT2D eigenvalue weighted by atomic mass is 16.5. The molecule has 0 aliphatic heterocycles. The van der Waals surface area contributed by atoms with Crippen molar-refractivity contribution in [3.05, 3.63) is 54.1 Å². The molecule has 0 aromatic heterocycles. The van der Waals surface area contributed by atoms with Gasteiger partial charge >= 0.3 is 0 Å². The first kappa shape index (κ1) is 13.9. The van der Waals surface area contributed by atoms with Crippen molar-refractivity contribution in [2.24, 2.45) is 0 Å². The molecule has 0 atom stereocenters. The number of nitrogens with one attached hydrogen (secondary N) is 1. The zero-order chi connectivity index (χ0) is 14.5. The van der Waals surface area contributed by atoms with Crippen LogP contribution in [0.5, 0.6) is 5.75 Å². The summed E-state index contributed by atoms with van der Waals surface area (Å²) in [5.74, 6) is 0.554. The van der Waals surface area contributed by atoms with Crippen LogP contribution in [0.4, 0.5) is 11.4 Å². The Kier molecular flexibility index (Phi) is 4.25. The molecule has 2 aromatic rings. The van der Waals surface area contributed by atoms with Crippen LogP contribution in [-0.4, -0.2) is 12.0 Å². The number of rotatable bonds is 4. The fraction of sp³-hybridized carbons (Fsp3) is 0.188. The van der Waals surface area contributed by atoms with E-state index < -0.39 is 0 Å². The van der Waals surface area contributed by atoms with Crippen molar-refractivity contribution in [1.82, 2.24) is 0 Å². The Morgan fingerprint density at radius 1 is 1.10 bits per heavy atom. The first-order valence-corrected chi connectivity index (χ1v) is 6.49. The normalized spacial score (nSPS) is 10.3. The van der Waals surface area contributed by atoms with E-state index in [1.807, 2.05) is 26.0 Å². The molecule has 20 heavy (non-hydrogen) atoms. The van der Waals surface area contributed by atoms with Crippen LogP contribution >= 0.6 is 0 Å². The molecule has 1 amide bonds. The van der Waals surface area contributed by atoms with Gasteiger partial charge in [-0.3, -0.25) is 4.79 Å².